The zero-order valence-electron chi connectivity index (χ0n) is 21.4. The highest BCUT2D eigenvalue weighted by Crippen LogP contribution is 2.31. The molecule has 0 saturated carbocycles. The molecule has 5 rings (SSSR count). The van der Waals surface area contributed by atoms with E-state index in [4.69, 9.17) is 9.51 Å². The van der Waals surface area contributed by atoms with E-state index in [1.807, 2.05) is 60.0 Å². The minimum absolute atomic E-state index is 0.0234. The van der Waals surface area contributed by atoms with Gasteiger partial charge in [-0.1, -0.05) is 67.0 Å². The van der Waals surface area contributed by atoms with E-state index in [1.165, 1.54) is 6.42 Å². The number of nitrogens with one attached hydrogen (secondary N) is 1. The Bertz CT molecular complexity index is 1540. The summed E-state index contributed by atoms with van der Waals surface area (Å²) < 4.78 is 6.65. The number of hydrogen-bond donors (Lipinski definition) is 1. The second kappa shape index (κ2) is 10.9. The van der Waals surface area contributed by atoms with E-state index in [0.717, 1.165) is 83.4 Å². The maximum atomic E-state index is 13.9. The van der Waals surface area contributed by atoms with E-state index in [-0.39, 0.29) is 5.56 Å². The van der Waals surface area contributed by atoms with E-state index in [9.17, 15) is 9.59 Å². The van der Waals surface area contributed by atoms with Crippen LogP contribution >= 0.6 is 0 Å². The van der Waals surface area contributed by atoms with Crippen LogP contribution in [0.15, 0.2) is 68.7 Å². The average Bonchev–Trinajstić information content (AvgIpc) is 3.36. The Balaban J connectivity index is 1.62. The number of hydrogen-bond acceptors (Lipinski definition) is 5. The first kappa shape index (κ1) is 24.7. The van der Waals surface area contributed by atoms with Crippen molar-refractivity contribution in [1.82, 2.24) is 19.7 Å². The van der Waals surface area contributed by atoms with E-state index in [1.54, 1.807) is 0 Å². The maximum absolute atomic E-state index is 13.9. The van der Waals surface area contributed by atoms with Crippen molar-refractivity contribution >= 4 is 5.57 Å². The standard InChI is InChI=1S/C30H32N4O3/c1-3-4-15-26-31-20(2)27(23-13-9-6-10-14-23)29(35)34(26)19-21-16-17-24(22-11-7-5-8-12-22)25(18-21)28-32-30(36)37-33-28/h5,7-8,11-13,16-18H,3-4,6,9-10,14-15,19H2,1-2H3,(H,32,33,36). The largest absolute Gasteiger partial charge is 0.439 e. The second-order valence-electron chi connectivity index (χ2n) is 9.65. The van der Waals surface area contributed by atoms with Gasteiger partial charge in [0.2, 0.25) is 0 Å². The number of aryl methyl sites for hydroxylation is 2. The molecule has 7 nitrogen and oxygen atoms in total. The lowest BCUT2D eigenvalue weighted by Gasteiger charge is -2.19. The molecule has 1 aliphatic carbocycles. The van der Waals surface area contributed by atoms with Crippen molar-refractivity contribution in [3.05, 3.63) is 98.2 Å². The Hall–Kier alpha value is -4.00. The van der Waals surface area contributed by atoms with Crippen molar-refractivity contribution in [3.8, 4) is 22.5 Å². The summed E-state index contributed by atoms with van der Waals surface area (Å²) in [5, 5.41) is 3.95. The summed E-state index contributed by atoms with van der Waals surface area (Å²) in [6, 6.07) is 15.9. The quantitative estimate of drug-likeness (QED) is 0.327. The zero-order chi connectivity index (χ0) is 25.8. The Kier molecular flexibility index (Phi) is 7.30. The van der Waals surface area contributed by atoms with Gasteiger partial charge in [-0.25, -0.2) is 9.78 Å². The lowest BCUT2D eigenvalue weighted by molar-refractivity contribution is 0.388. The van der Waals surface area contributed by atoms with E-state index < -0.39 is 5.76 Å². The summed E-state index contributed by atoms with van der Waals surface area (Å²) in [4.78, 5) is 33.3. The first-order valence-corrected chi connectivity index (χ1v) is 13.1. The molecule has 0 amide bonds. The lowest BCUT2D eigenvalue weighted by Crippen LogP contribution is -2.30. The van der Waals surface area contributed by atoms with Gasteiger partial charge < -0.3 is 0 Å². The normalized spacial score (nSPS) is 13.5. The molecule has 1 N–H and O–H groups in total. The van der Waals surface area contributed by atoms with Gasteiger partial charge in [-0.15, -0.1) is 0 Å². The molecule has 1 aliphatic rings. The molecule has 0 aliphatic heterocycles. The fourth-order valence-corrected chi connectivity index (χ4v) is 5.12. The monoisotopic (exact) mass is 496 g/mol. The van der Waals surface area contributed by atoms with Crippen LogP contribution in [0, 0.1) is 6.92 Å². The minimum atomic E-state index is -0.606. The predicted octanol–water partition coefficient (Wildman–Crippen LogP) is 5.91. The first-order chi connectivity index (χ1) is 18.0. The summed E-state index contributed by atoms with van der Waals surface area (Å²) >= 11 is 0. The minimum Gasteiger partial charge on any atom is -0.296 e. The number of aromatic amines is 1. The molecule has 0 saturated heterocycles. The highest BCUT2D eigenvalue weighted by atomic mass is 16.5. The zero-order valence-corrected chi connectivity index (χ0v) is 21.4. The molecule has 0 atom stereocenters. The summed E-state index contributed by atoms with van der Waals surface area (Å²) in [6.07, 6.45) is 9.13. The second-order valence-corrected chi connectivity index (χ2v) is 9.65. The summed E-state index contributed by atoms with van der Waals surface area (Å²) in [6.45, 7) is 4.49. The molecule has 190 valence electrons. The number of rotatable bonds is 8. The van der Waals surface area contributed by atoms with Crippen LogP contribution in [0.25, 0.3) is 28.1 Å². The number of benzene rings is 2. The maximum Gasteiger partial charge on any atom is 0.439 e. The van der Waals surface area contributed by atoms with Crippen LogP contribution in [-0.2, 0) is 13.0 Å². The van der Waals surface area contributed by atoms with Crippen molar-refractivity contribution in [2.24, 2.45) is 0 Å². The molecule has 7 heteroatoms. The van der Waals surface area contributed by atoms with Crippen molar-refractivity contribution in [1.29, 1.82) is 0 Å². The Morgan fingerprint density at radius 2 is 1.89 bits per heavy atom. The summed E-state index contributed by atoms with van der Waals surface area (Å²) in [7, 11) is 0. The van der Waals surface area contributed by atoms with Crippen LogP contribution in [0.1, 0.15) is 68.1 Å². The van der Waals surface area contributed by atoms with E-state index in [2.05, 4.69) is 23.1 Å². The number of nitrogens with zero attached hydrogens (tertiary/aromatic N) is 3. The number of H-pyrrole nitrogens is 1. The van der Waals surface area contributed by atoms with Crippen LogP contribution in [-0.4, -0.2) is 19.7 Å². The van der Waals surface area contributed by atoms with E-state index in [0.29, 0.717) is 12.4 Å². The predicted molar refractivity (Wildman–Crippen MR) is 145 cm³/mol. The smallest absolute Gasteiger partial charge is 0.296 e. The van der Waals surface area contributed by atoms with Crippen LogP contribution < -0.4 is 11.3 Å². The Labute approximate surface area is 215 Å². The van der Waals surface area contributed by atoms with Gasteiger partial charge in [0.05, 0.1) is 17.8 Å². The highest BCUT2D eigenvalue weighted by molar-refractivity contribution is 5.80. The number of aromatic nitrogens is 4. The SMILES string of the molecule is CCCCc1nc(C)c(C2=CCCCC2)c(=O)n1Cc1ccc(-c2ccccc2)c(-c2noc(=O)[nH]2)c1. The van der Waals surface area contributed by atoms with Gasteiger partial charge in [0.25, 0.3) is 5.56 Å². The van der Waals surface area contributed by atoms with Gasteiger partial charge in [-0.2, -0.15) is 0 Å². The third-order valence-corrected chi connectivity index (χ3v) is 7.00. The molecule has 0 spiro atoms. The Morgan fingerprint density at radius 3 is 2.59 bits per heavy atom. The van der Waals surface area contributed by atoms with Crippen molar-refractivity contribution in [2.45, 2.75) is 65.3 Å². The van der Waals surface area contributed by atoms with Crippen LogP contribution in [0.3, 0.4) is 0 Å². The van der Waals surface area contributed by atoms with Crippen LogP contribution in [0.2, 0.25) is 0 Å². The first-order valence-electron chi connectivity index (χ1n) is 13.1. The van der Waals surface area contributed by atoms with Crippen molar-refractivity contribution < 1.29 is 4.52 Å². The van der Waals surface area contributed by atoms with Crippen LogP contribution in [0.4, 0.5) is 0 Å². The number of allylic oxidation sites excluding steroid dienone is 2. The van der Waals surface area contributed by atoms with Gasteiger partial charge in [0.1, 0.15) is 5.82 Å². The fourth-order valence-electron chi connectivity index (χ4n) is 5.12. The van der Waals surface area contributed by atoms with Gasteiger partial charge >= 0.3 is 5.76 Å². The molecule has 0 radical (unpaired) electrons. The topological polar surface area (TPSA) is 93.8 Å². The summed E-state index contributed by atoms with van der Waals surface area (Å²) in [5.41, 5.74) is 6.30. The number of unbranched alkanes of at least 4 members (excludes halogenated alkanes) is 1. The van der Waals surface area contributed by atoms with Gasteiger partial charge in [0.15, 0.2) is 5.82 Å². The van der Waals surface area contributed by atoms with Crippen molar-refractivity contribution in [3.63, 3.8) is 0 Å². The molecular weight excluding hydrogens is 464 g/mol. The molecular formula is C30H32N4O3. The van der Waals surface area contributed by atoms with Gasteiger partial charge in [-0.05, 0) is 67.4 Å². The third kappa shape index (κ3) is 5.26. The Morgan fingerprint density at radius 1 is 1.05 bits per heavy atom. The van der Waals surface area contributed by atoms with E-state index >= 15 is 0 Å². The molecule has 37 heavy (non-hydrogen) atoms. The molecule has 0 unspecified atom stereocenters. The molecule has 2 aromatic heterocycles. The lowest BCUT2D eigenvalue weighted by atomic mass is 9.93. The van der Waals surface area contributed by atoms with Crippen LogP contribution in [0.5, 0.6) is 0 Å². The average molecular weight is 497 g/mol. The molecule has 2 aromatic carbocycles. The van der Waals surface area contributed by atoms with Gasteiger partial charge in [0, 0.05) is 12.0 Å². The van der Waals surface area contributed by atoms with Crippen molar-refractivity contribution in [2.75, 3.05) is 0 Å². The summed E-state index contributed by atoms with van der Waals surface area (Å²) in [5.74, 6) is 0.568. The third-order valence-electron chi connectivity index (χ3n) is 7.00. The molecule has 2 heterocycles. The van der Waals surface area contributed by atoms with Gasteiger partial charge in [-0.3, -0.25) is 18.9 Å². The highest BCUT2D eigenvalue weighted by Gasteiger charge is 2.20. The molecule has 0 fully saturated rings. The molecule has 0 bridgehead atoms. The molecule has 4 aromatic rings. The fraction of sp³-hybridized carbons (Fsp3) is 0.333.